The zero-order chi connectivity index (χ0) is 19.7. The van der Waals surface area contributed by atoms with Gasteiger partial charge >= 0.3 is 0 Å². The summed E-state index contributed by atoms with van der Waals surface area (Å²) in [5, 5.41) is 13.7. The highest BCUT2D eigenvalue weighted by Gasteiger charge is 2.16. The third kappa shape index (κ3) is 3.43. The van der Waals surface area contributed by atoms with Gasteiger partial charge in [0.1, 0.15) is 0 Å². The summed E-state index contributed by atoms with van der Waals surface area (Å²) in [6.07, 6.45) is 11.2. The summed E-state index contributed by atoms with van der Waals surface area (Å²) in [5.74, 6) is -0.0201. The molecule has 0 unspecified atom stereocenters. The Balaban J connectivity index is 1.61. The number of rotatable bonds is 6. The van der Waals surface area contributed by atoms with E-state index in [2.05, 4.69) is 34.3 Å². The van der Waals surface area contributed by atoms with Gasteiger partial charge in [-0.2, -0.15) is 10.2 Å². The SMILES string of the molecule is CCC(CC)NC(=O)c1cc(-c2cnn3cc(-c4cnn(C)c4)cnc23)cs1. The smallest absolute Gasteiger partial charge is 0.261 e. The number of fused-ring (bicyclic) bond motifs is 1. The standard InChI is InChI=1S/C20H22N6OS/c1-4-16(5-2)24-20(27)18-6-13(12-28-18)17-9-23-26-11-14(7-21-19(17)26)15-8-22-25(3)10-15/h6-12,16H,4-5H2,1-3H3,(H,24,27). The van der Waals surface area contributed by atoms with E-state index in [1.54, 1.807) is 21.6 Å². The zero-order valence-electron chi connectivity index (χ0n) is 16.1. The van der Waals surface area contributed by atoms with Gasteiger partial charge in [0.25, 0.3) is 5.91 Å². The molecule has 4 aromatic heterocycles. The summed E-state index contributed by atoms with van der Waals surface area (Å²) >= 11 is 1.44. The Bertz CT molecular complexity index is 1120. The van der Waals surface area contributed by atoms with E-state index in [-0.39, 0.29) is 11.9 Å². The summed E-state index contributed by atoms with van der Waals surface area (Å²) in [6.45, 7) is 4.16. The minimum atomic E-state index is -0.0201. The van der Waals surface area contributed by atoms with Gasteiger partial charge in [0.05, 0.1) is 17.3 Å². The fourth-order valence-corrected chi connectivity index (χ4v) is 3.95. The molecule has 28 heavy (non-hydrogen) atoms. The minimum absolute atomic E-state index is 0.0201. The Morgan fingerprint density at radius 3 is 2.61 bits per heavy atom. The quantitative estimate of drug-likeness (QED) is 0.540. The van der Waals surface area contributed by atoms with Gasteiger partial charge in [-0.05, 0) is 29.9 Å². The van der Waals surface area contributed by atoms with Crippen LogP contribution < -0.4 is 5.32 Å². The first-order valence-corrected chi connectivity index (χ1v) is 10.2. The van der Waals surface area contributed by atoms with Crippen LogP contribution in [-0.2, 0) is 7.05 Å². The lowest BCUT2D eigenvalue weighted by Crippen LogP contribution is -2.33. The maximum absolute atomic E-state index is 12.5. The Kier molecular flexibility index (Phi) is 4.95. The fourth-order valence-electron chi connectivity index (χ4n) is 3.14. The molecule has 1 N–H and O–H groups in total. The van der Waals surface area contributed by atoms with Crippen LogP contribution in [0.2, 0.25) is 0 Å². The first-order chi connectivity index (χ1) is 13.6. The molecule has 0 aliphatic carbocycles. The number of thiophene rings is 1. The number of carbonyl (C=O) groups is 1. The second kappa shape index (κ2) is 7.55. The molecule has 0 bridgehead atoms. The van der Waals surface area contributed by atoms with E-state index in [4.69, 9.17) is 0 Å². The molecule has 0 radical (unpaired) electrons. The predicted octanol–water partition coefficient (Wildman–Crippen LogP) is 3.78. The van der Waals surface area contributed by atoms with Crippen molar-refractivity contribution in [3.05, 3.63) is 47.3 Å². The zero-order valence-corrected chi connectivity index (χ0v) is 16.9. The van der Waals surface area contributed by atoms with Gasteiger partial charge in [0.15, 0.2) is 5.65 Å². The molecule has 4 aromatic rings. The molecule has 0 saturated carbocycles. The van der Waals surface area contributed by atoms with Crippen LogP contribution in [-0.4, -0.2) is 36.3 Å². The first-order valence-electron chi connectivity index (χ1n) is 9.31. The summed E-state index contributed by atoms with van der Waals surface area (Å²) in [6, 6.07) is 2.12. The molecule has 0 aliphatic rings. The van der Waals surface area contributed by atoms with Gasteiger partial charge in [-0.15, -0.1) is 11.3 Å². The van der Waals surface area contributed by atoms with E-state index < -0.39 is 0 Å². The van der Waals surface area contributed by atoms with Crippen LogP contribution in [0, 0.1) is 0 Å². The lowest BCUT2D eigenvalue weighted by Gasteiger charge is -2.13. The third-order valence-corrected chi connectivity index (χ3v) is 5.78. The van der Waals surface area contributed by atoms with Gasteiger partial charge in [0.2, 0.25) is 0 Å². The Hall–Kier alpha value is -3.00. The number of nitrogens with zero attached hydrogens (tertiary/aromatic N) is 5. The Morgan fingerprint density at radius 2 is 1.89 bits per heavy atom. The second-order valence-electron chi connectivity index (χ2n) is 6.76. The van der Waals surface area contributed by atoms with Gasteiger partial charge in [-0.1, -0.05) is 13.8 Å². The van der Waals surface area contributed by atoms with E-state index >= 15 is 0 Å². The number of hydrogen-bond acceptors (Lipinski definition) is 5. The van der Waals surface area contributed by atoms with Crippen LogP contribution in [0.15, 0.2) is 42.4 Å². The topological polar surface area (TPSA) is 77.1 Å². The van der Waals surface area contributed by atoms with Crippen molar-refractivity contribution in [3.63, 3.8) is 0 Å². The third-order valence-electron chi connectivity index (χ3n) is 4.85. The molecule has 7 nitrogen and oxygen atoms in total. The highest BCUT2D eigenvalue weighted by atomic mass is 32.1. The average molecular weight is 395 g/mol. The molecule has 0 aromatic carbocycles. The lowest BCUT2D eigenvalue weighted by molar-refractivity contribution is 0.0939. The van der Waals surface area contributed by atoms with E-state index in [9.17, 15) is 4.79 Å². The normalized spacial score (nSPS) is 11.4. The van der Waals surface area contributed by atoms with Crippen LogP contribution in [0.4, 0.5) is 0 Å². The van der Waals surface area contributed by atoms with Gasteiger partial charge in [-0.25, -0.2) is 9.50 Å². The largest absolute Gasteiger partial charge is 0.349 e. The molecule has 0 atom stereocenters. The van der Waals surface area contributed by atoms with Crippen molar-refractivity contribution in [1.82, 2.24) is 29.7 Å². The van der Waals surface area contributed by atoms with E-state index in [0.717, 1.165) is 40.7 Å². The highest BCUT2D eigenvalue weighted by Crippen LogP contribution is 2.29. The Labute approximate surface area is 167 Å². The average Bonchev–Trinajstić information content (AvgIpc) is 3.44. The van der Waals surface area contributed by atoms with Crippen molar-refractivity contribution >= 4 is 22.9 Å². The van der Waals surface area contributed by atoms with Crippen molar-refractivity contribution in [2.45, 2.75) is 32.7 Å². The van der Waals surface area contributed by atoms with Gasteiger partial charge in [-0.3, -0.25) is 9.48 Å². The van der Waals surface area contributed by atoms with Crippen LogP contribution >= 0.6 is 11.3 Å². The van der Waals surface area contributed by atoms with E-state index in [1.165, 1.54) is 11.3 Å². The molecule has 0 spiro atoms. The maximum Gasteiger partial charge on any atom is 0.261 e. The van der Waals surface area contributed by atoms with E-state index in [0.29, 0.717) is 4.88 Å². The number of amides is 1. The number of aromatic nitrogens is 5. The molecular formula is C20H22N6OS. The summed E-state index contributed by atoms with van der Waals surface area (Å²) in [5.41, 5.74) is 4.57. The van der Waals surface area contributed by atoms with Crippen molar-refractivity contribution < 1.29 is 4.79 Å². The number of hydrogen-bond donors (Lipinski definition) is 1. The van der Waals surface area contributed by atoms with Gasteiger partial charge < -0.3 is 5.32 Å². The van der Waals surface area contributed by atoms with Crippen LogP contribution in [0.25, 0.3) is 27.9 Å². The molecule has 0 aliphatic heterocycles. The molecule has 8 heteroatoms. The van der Waals surface area contributed by atoms with Crippen molar-refractivity contribution in [3.8, 4) is 22.3 Å². The molecule has 4 rings (SSSR count). The predicted molar refractivity (Wildman–Crippen MR) is 110 cm³/mol. The second-order valence-corrected chi connectivity index (χ2v) is 7.67. The number of carbonyl (C=O) groups excluding carboxylic acids is 1. The van der Waals surface area contributed by atoms with E-state index in [1.807, 2.05) is 37.1 Å². The van der Waals surface area contributed by atoms with Crippen LogP contribution in [0.5, 0.6) is 0 Å². The van der Waals surface area contributed by atoms with Crippen LogP contribution in [0.1, 0.15) is 36.4 Å². The molecule has 144 valence electrons. The lowest BCUT2D eigenvalue weighted by atomic mass is 10.1. The number of nitrogens with one attached hydrogen (secondary N) is 1. The number of aryl methyl sites for hydroxylation is 1. The molecule has 0 saturated heterocycles. The van der Waals surface area contributed by atoms with Crippen molar-refractivity contribution in [2.24, 2.45) is 7.05 Å². The molecule has 1 amide bonds. The monoisotopic (exact) mass is 394 g/mol. The molecular weight excluding hydrogens is 372 g/mol. The maximum atomic E-state index is 12.5. The molecule has 4 heterocycles. The summed E-state index contributed by atoms with van der Waals surface area (Å²) < 4.78 is 3.52. The fraction of sp³-hybridized carbons (Fsp3) is 0.300. The summed E-state index contributed by atoms with van der Waals surface area (Å²) in [4.78, 5) is 17.8. The Morgan fingerprint density at radius 1 is 1.11 bits per heavy atom. The first kappa shape index (κ1) is 18.4. The van der Waals surface area contributed by atoms with Crippen LogP contribution in [0.3, 0.4) is 0 Å². The van der Waals surface area contributed by atoms with Crippen molar-refractivity contribution in [1.29, 1.82) is 0 Å². The molecule has 0 fully saturated rings. The van der Waals surface area contributed by atoms with Gasteiger partial charge in [0, 0.05) is 48.4 Å². The van der Waals surface area contributed by atoms with Crippen molar-refractivity contribution in [2.75, 3.05) is 0 Å². The summed E-state index contributed by atoms with van der Waals surface area (Å²) in [7, 11) is 1.88. The highest BCUT2D eigenvalue weighted by molar-refractivity contribution is 7.12. The minimum Gasteiger partial charge on any atom is -0.349 e.